The van der Waals surface area contributed by atoms with Gasteiger partial charge >= 0.3 is 12.9 Å². The molecule has 2 N–H and O–H groups in total. The maximum absolute atomic E-state index is 13.0. The second-order valence-electron chi connectivity index (χ2n) is 15.5. The Morgan fingerprint density at radius 1 is 1.08 bits per heavy atom. The summed E-state index contributed by atoms with van der Waals surface area (Å²) in [5, 5.41) is 21.1. The fraction of sp³-hybridized carbons (Fsp3) is 0.487. The van der Waals surface area contributed by atoms with E-state index in [1.807, 2.05) is 31.2 Å². The van der Waals surface area contributed by atoms with Crippen LogP contribution in [0.3, 0.4) is 0 Å². The van der Waals surface area contributed by atoms with Crippen LogP contribution in [0.2, 0.25) is 0 Å². The lowest BCUT2D eigenvalue weighted by Crippen LogP contribution is -2.32. The lowest BCUT2D eigenvalue weighted by Gasteiger charge is -2.28. The van der Waals surface area contributed by atoms with Crippen molar-refractivity contribution in [1.29, 1.82) is 0 Å². The third-order valence-electron chi connectivity index (χ3n) is 10.4. The molecule has 2 aliphatic heterocycles. The van der Waals surface area contributed by atoms with E-state index in [1.54, 1.807) is 13.0 Å². The van der Waals surface area contributed by atoms with E-state index >= 15 is 0 Å². The van der Waals surface area contributed by atoms with E-state index < -0.39 is 61.6 Å². The van der Waals surface area contributed by atoms with Crippen LogP contribution in [0.4, 0.5) is 10.5 Å². The second kappa shape index (κ2) is 18.3. The van der Waals surface area contributed by atoms with Gasteiger partial charge in [-0.15, -0.1) is 5.10 Å². The van der Waals surface area contributed by atoms with Crippen LogP contribution < -0.4 is 15.6 Å². The van der Waals surface area contributed by atoms with E-state index in [9.17, 15) is 19.5 Å². The molecule has 2 fully saturated rings. The number of rotatable bonds is 16. The molecule has 4 aromatic heterocycles. The zero-order chi connectivity index (χ0) is 43.5. The van der Waals surface area contributed by atoms with Crippen LogP contribution in [0.15, 0.2) is 66.0 Å². The molecule has 0 aliphatic carbocycles. The molecule has 7 rings (SSSR count). The number of carbonyl (C=O) groups excluding carboxylic acids is 1. The van der Waals surface area contributed by atoms with Crippen LogP contribution in [0.5, 0.6) is 5.75 Å². The van der Waals surface area contributed by atoms with Crippen LogP contribution in [0.25, 0.3) is 21.8 Å². The Morgan fingerprint density at radius 2 is 1.87 bits per heavy atom. The summed E-state index contributed by atoms with van der Waals surface area (Å²) in [7, 11) is 0. The topological polar surface area (TPSA) is 218 Å². The number of anilines is 1. The van der Waals surface area contributed by atoms with Gasteiger partial charge in [0.25, 0.3) is 11.5 Å². The molecule has 2 aliphatic rings. The largest absolute Gasteiger partial charge is 0.506 e. The molecule has 1 aromatic carbocycles. The number of hydrogen-bond donors (Lipinski definition) is 2. The lowest BCUT2D eigenvalue weighted by molar-refractivity contribution is -0.118. The van der Waals surface area contributed by atoms with Crippen molar-refractivity contribution in [2.24, 2.45) is 5.92 Å². The lowest BCUT2D eigenvalue weighted by atomic mass is 9.87. The fourth-order valence-corrected chi connectivity index (χ4v) is 9.29. The summed E-state index contributed by atoms with van der Waals surface area (Å²) >= 11 is 5.91. The van der Waals surface area contributed by atoms with Crippen molar-refractivity contribution in [3.8, 4) is 5.75 Å². The number of carbonyl (C=O) groups is 2. The minimum absolute atomic E-state index is 0.00213. The van der Waals surface area contributed by atoms with E-state index in [-0.39, 0.29) is 49.5 Å². The number of nitrogens with zero attached hydrogens (tertiary/aromatic N) is 8. The van der Waals surface area contributed by atoms with E-state index in [1.165, 1.54) is 44.5 Å². The minimum atomic E-state index is -3.63. The zero-order valence-corrected chi connectivity index (χ0v) is 35.7. The van der Waals surface area contributed by atoms with Gasteiger partial charge in [0.1, 0.15) is 12.4 Å². The summed E-state index contributed by atoms with van der Waals surface area (Å²) < 4.78 is 46.8. The van der Waals surface area contributed by atoms with Crippen molar-refractivity contribution in [2.45, 2.75) is 89.7 Å². The average Bonchev–Trinajstić information content (AvgIpc) is 4.03. The summed E-state index contributed by atoms with van der Waals surface area (Å²) in [6, 6.07) is 10.5. The van der Waals surface area contributed by atoms with Gasteiger partial charge in [-0.3, -0.25) is 18.6 Å². The number of benzene rings is 1. The van der Waals surface area contributed by atoms with E-state index in [0.29, 0.717) is 29.0 Å². The Balaban J connectivity index is 1.03. The van der Waals surface area contributed by atoms with Crippen molar-refractivity contribution >= 4 is 53.2 Å². The summed E-state index contributed by atoms with van der Waals surface area (Å²) in [6.45, 7) is 13.2. The second-order valence-corrected chi connectivity index (χ2v) is 18.4. The number of aromatic nitrogens is 7. The van der Waals surface area contributed by atoms with Gasteiger partial charge < -0.3 is 47.8 Å². The molecule has 0 spiro atoms. The third kappa shape index (κ3) is 9.76. The Kier molecular flexibility index (Phi) is 13.2. The van der Waals surface area contributed by atoms with Gasteiger partial charge in [0.05, 0.1) is 30.6 Å². The average molecular weight is 880 g/mol. The first-order valence-electron chi connectivity index (χ1n) is 19.6. The van der Waals surface area contributed by atoms with Crippen molar-refractivity contribution in [3.05, 3.63) is 88.5 Å². The van der Waals surface area contributed by atoms with Crippen molar-refractivity contribution in [3.63, 3.8) is 0 Å². The molecule has 0 radical (unpaired) electrons. The van der Waals surface area contributed by atoms with Gasteiger partial charge in [0, 0.05) is 43.2 Å². The van der Waals surface area contributed by atoms with E-state index in [4.69, 9.17) is 50.9 Å². The Bertz CT molecular complexity index is 2520. The molecule has 1 unspecified atom stereocenters. The normalized spacial score (nSPS) is 23.8. The predicted octanol–water partition coefficient (Wildman–Crippen LogP) is 5.51. The third-order valence-corrected chi connectivity index (χ3v) is 12.8. The van der Waals surface area contributed by atoms with Crippen LogP contribution in [-0.2, 0) is 49.8 Å². The van der Waals surface area contributed by atoms with E-state index in [2.05, 4.69) is 51.2 Å². The quantitative estimate of drug-likeness (QED) is 0.0541. The number of pyridine rings is 1. The number of nitrogens with one attached hydrogen (secondary N) is 1. The minimum Gasteiger partial charge on any atom is -0.484 e. The molecule has 22 heteroatoms. The monoisotopic (exact) mass is 879 g/mol. The fourth-order valence-electron chi connectivity index (χ4n) is 7.17. The number of fused-ring (bicyclic) bond motifs is 2. The molecular weight excluding hydrogens is 834 g/mol. The van der Waals surface area contributed by atoms with Gasteiger partial charge in [-0.25, -0.2) is 21.3 Å². The molecule has 324 valence electrons. The summed E-state index contributed by atoms with van der Waals surface area (Å²) in [5.74, 6) is -0.170. The number of amides is 1. The SMILES string of the molecule is [C-]#[N+]CCOP(=S)(OC[C@H]1O[C@@H](n2ccc(=O)n3ccnc23)[C@H](OC(=O)O)[C@@H]1C)O[C@H]1C[C@H](n2nnc3c(NC(=O)COc4ccc(C(C)(C)C)cc4)ccnc32)O[C@@H]1CC. The number of imidazole rings is 1. The molecular formula is C39H46N9O11PS. The highest BCUT2D eigenvalue weighted by molar-refractivity contribution is 8.07. The van der Waals surface area contributed by atoms with Crippen LogP contribution in [0.1, 0.15) is 65.5 Å². The van der Waals surface area contributed by atoms with Gasteiger partial charge in [0.2, 0.25) is 12.3 Å². The first-order valence-corrected chi connectivity index (χ1v) is 22.1. The Hall–Kier alpha value is -5.33. The number of carboxylic acid groups (broad SMARTS) is 1. The highest BCUT2D eigenvalue weighted by Crippen LogP contribution is 2.54. The number of hydrogen-bond acceptors (Lipinski definition) is 15. The van der Waals surface area contributed by atoms with E-state index in [0.717, 1.165) is 5.56 Å². The molecule has 6 heterocycles. The van der Waals surface area contributed by atoms with Gasteiger partial charge in [-0.1, -0.05) is 52.0 Å². The number of ether oxygens (including phenoxy) is 4. The summed E-state index contributed by atoms with van der Waals surface area (Å²) in [4.78, 5) is 49.3. The highest BCUT2D eigenvalue weighted by atomic mass is 32.5. The summed E-state index contributed by atoms with van der Waals surface area (Å²) in [5.41, 5.74) is 1.89. The first-order chi connectivity index (χ1) is 29.2. The van der Waals surface area contributed by atoms with Crippen LogP contribution in [0, 0.1) is 12.5 Å². The molecule has 5 aromatic rings. The maximum atomic E-state index is 13.0. The van der Waals surface area contributed by atoms with Gasteiger partial charge in [0.15, 0.2) is 36.3 Å². The first kappa shape index (κ1) is 43.7. The molecule has 20 nitrogen and oxygen atoms in total. The highest BCUT2D eigenvalue weighted by Gasteiger charge is 2.48. The molecule has 0 bridgehead atoms. The maximum Gasteiger partial charge on any atom is 0.506 e. The van der Waals surface area contributed by atoms with Crippen LogP contribution in [-0.4, -0.2) is 102 Å². The van der Waals surface area contributed by atoms with Crippen molar-refractivity contribution in [1.82, 2.24) is 33.9 Å². The van der Waals surface area contributed by atoms with Gasteiger partial charge in [-0.2, -0.15) is 4.68 Å². The smallest absolute Gasteiger partial charge is 0.484 e. The van der Waals surface area contributed by atoms with Crippen LogP contribution >= 0.6 is 6.72 Å². The molecule has 0 saturated carbocycles. The summed E-state index contributed by atoms with van der Waals surface area (Å²) in [6.07, 6.45) is 0.511. The molecule has 2 saturated heterocycles. The Labute approximate surface area is 355 Å². The zero-order valence-electron chi connectivity index (χ0n) is 34.0. The Morgan fingerprint density at radius 3 is 2.59 bits per heavy atom. The predicted molar refractivity (Wildman–Crippen MR) is 221 cm³/mol. The molecule has 1 amide bonds. The van der Waals surface area contributed by atoms with Crippen molar-refractivity contribution in [2.75, 3.05) is 31.7 Å². The van der Waals surface area contributed by atoms with Gasteiger partial charge in [-0.05, 0) is 47.4 Å². The molecule has 61 heavy (non-hydrogen) atoms. The molecule has 8 atom stereocenters. The van der Waals surface area contributed by atoms with Crippen molar-refractivity contribution < 1.29 is 47.2 Å². The standard InChI is InChI=1S/C39H46N9O11PS/c1-7-27-28(20-32(56-27)48-35-33(44-45-48)26(12-14-41-35)43-30(49)22-53-25-10-8-24(9-11-25)39(3,4)5)59-60(61,54-19-16-40-6)55-21-29-23(2)34(58-38(51)52)36(57-29)47-17-13-31(50)46-18-15-42-37(46)47/h8-15,17-18,23,27-29,32,34,36H,7,16,19-22H2,1-5H3,(H,51,52)(H,41,43,49)/t23-,27-,28+,29-,32-,34-,36-,60?/m1/s1.